The average molecular weight is 336 g/mol. The topological polar surface area (TPSA) is 73.0 Å². The maximum Gasteiger partial charge on any atom is 0.289 e. The van der Waals surface area contributed by atoms with Gasteiger partial charge in [-0.05, 0) is 24.8 Å². The number of aromatic nitrogens is 3. The summed E-state index contributed by atoms with van der Waals surface area (Å²) in [6.07, 6.45) is 8.31. The Balaban J connectivity index is 1.33. The van der Waals surface area contributed by atoms with Crippen LogP contribution < -0.4 is 5.32 Å². The number of nitrogens with zero attached hydrogens (tertiary/aromatic N) is 3. The lowest BCUT2D eigenvalue weighted by atomic mass is 10.1. The molecule has 25 heavy (non-hydrogen) atoms. The minimum absolute atomic E-state index is 0.253. The zero-order chi connectivity index (χ0) is 17.1. The van der Waals surface area contributed by atoms with Crippen molar-refractivity contribution in [1.82, 2.24) is 19.9 Å². The van der Waals surface area contributed by atoms with E-state index in [1.54, 1.807) is 6.20 Å². The molecular formula is C19H20N4O2. The van der Waals surface area contributed by atoms with Crippen LogP contribution in [0.2, 0.25) is 0 Å². The van der Waals surface area contributed by atoms with Crippen LogP contribution in [0, 0.1) is 0 Å². The van der Waals surface area contributed by atoms with E-state index >= 15 is 0 Å². The predicted octanol–water partition coefficient (Wildman–Crippen LogP) is 2.92. The Morgan fingerprint density at radius 3 is 2.88 bits per heavy atom. The minimum atomic E-state index is -0.253. The maximum absolute atomic E-state index is 12.2. The highest BCUT2D eigenvalue weighted by Gasteiger charge is 2.29. The third-order valence-electron chi connectivity index (χ3n) is 4.37. The van der Waals surface area contributed by atoms with Gasteiger partial charge in [-0.3, -0.25) is 4.79 Å². The van der Waals surface area contributed by atoms with Crippen LogP contribution in [0.3, 0.4) is 0 Å². The third kappa shape index (κ3) is 3.79. The average Bonchev–Trinajstić information content (AvgIpc) is 3.20. The Morgan fingerprint density at radius 2 is 2.08 bits per heavy atom. The molecule has 0 spiro atoms. The fourth-order valence-corrected chi connectivity index (χ4v) is 2.76. The second-order valence-corrected chi connectivity index (χ2v) is 6.29. The Bertz CT molecular complexity index is 849. The Kier molecular flexibility index (Phi) is 4.33. The fourth-order valence-electron chi connectivity index (χ4n) is 2.76. The van der Waals surface area contributed by atoms with Crippen LogP contribution in [-0.2, 0) is 19.5 Å². The van der Waals surface area contributed by atoms with Crippen molar-refractivity contribution in [3.63, 3.8) is 0 Å². The van der Waals surface area contributed by atoms with E-state index in [0.717, 1.165) is 31.6 Å². The predicted molar refractivity (Wildman–Crippen MR) is 92.0 cm³/mol. The van der Waals surface area contributed by atoms with Gasteiger partial charge in [0.1, 0.15) is 5.82 Å². The summed E-state index contributed by atoms with van der Waals surface area (Å²) in [4.78, 5) is 20.7. The van der Waals surface area contributed by atoms with Crippen molar-refractivity contribution in [2.45, 2.75) is 38.3 Å². The number of oxazole rings is 1. The molecule has 0 aliphatic heterocycles. The number of imidazole rings is 1. The van der Waals surface area contributed by atoms with Gasteiger partial charge < -0.3 is 14.3 Å². The molecule has 4 rings (SSSR count). The van der Waals surface area contributed by atoms with Gasteiger partial charge in [0.05, 0.1) is 12.7 Å². The van der Waals surface area contributed by atoms with Crippen molar-refractivity contribution < 1.29 is 9.21 Å². The van der Waals surface area contributed by atoms with Crippen LogP contribution in [0.1, 0.15) is 46.6 Å². The first kappa shape index (κ1) is 15.6. The molecule has 0 bridgehead atoms. The van der Waals surface area contributed by atoms with Gasteiger partial charge in [0.2, 0.25) is 5.76 Å². The van der Waals surface area contributed by atoms with Crippen LogP contribution in [0.5, 0.6) is 0 Å². The number of benzene rings is 1. The van der Waals surface area contributed by atoms with E-state index in [2.05, 4.69) is 32.0 Å². The number of aryl methyl sites for hydroxylation is 2. The van der Waals surface area contributed by atoms with Gasteiger partial charge in [0, 0.05) is 24.9 Å². The summed E-state index contributed by atoms with van der Waals surface area (Å²) in [5, 5.41) is 2.86. The van der Waals surface area contributed by atoms with Crippen LogP contribution in [0.4, 0.5) is 0 Å². The summed E-state index contributed by atoms with van der Waals surface area (Å²) in [7, 11) is 0. The Hall–Kier alpha value is -2.89. The molecular weight excluding hydrogens is 316 g/mol. The first-order chi connectivity index (χ1) is 12.3. The number of nitrogens with one attached hydrogen (secondary N) is 1. The Morgan fingerprint density at radius 1 is 1.24 bits per heavy atom. The minimum Gasteiger partial charge on any atom is -0.435 e. The molecule has 0 saturated heterocycles. The maximum atomic E-state index is 12.2. The molecule has 1 aliphatic carbocycles. The van der Waals surface area contributed by atoms with Crippen molar-refractivity contribution >= 4 is 5.91 Å². The number of carbonyl (C=O) groups excluding carboxylic acids is 1. The number of carbonyl (C=O) groups is 1. The van der Waals surface area contributed by atoms with Crippen molar-refractivity contribution in [3.8, 4) is 0 Å². The molecule has 0 radical (unpaired) electrons. The van der Waals surface area contributed by atoms with E-state index in [1.165, 1.54) is 11.8 Å². The van der Waals surface area contributed by atoms with Gasteiger partial charge in [-0.15, -0.1) is 0 Å². The highest BCUT2D eigenvalue weighted by atomic mass is 16.4. The van der Waals surface area contributed by atoms with Crippen LogP contribution in [0.15, 0.2) is 53.3 Å². The monoisotopic (exact) mass is 336 g/mol. The van der Waals surface area contributed by atoms with Crippen LogP contribution >= 0.6 is 0 Å². The number of hydrogen-bond acceptors (Lipinski definition) is 4. The van der Waals surface area contributed by atoms with E-state index < -0.39 is 0 Å². The lowest BCUT2D eigenvalue weighted by Gasteiger charge is -2.08. The summed E-state index contributed by atoms with van der Waals surface area (Å²) >= 11 is 0. The molecule has 128 valence electrons. The standard InChI is InChI=1S/C19H20N4O2/c24-18(16-12-22-19(25-16)15-6-7-15)21-13-17-20-9-11-23(17)10-8-14-4-2-1-3-5-14/h1-5,9,11-12,15H,6-8,10,13H2,(H,21,24). The van der Waals surface area contributed by atoms with Gasteiger partial charge in [-0.25, -0.2) is 9.97 Å². The van der Waals surface area contributed by atoms with Crippen LogP contribution in [-0.4, -0.2) is 20.4 Å². The molecule has 1 amide bonds. The summed E-state index contributed by atoms with van der Waals surface area (Å²) in [6, 6.07) is 10.3. The summed E-state index contributed by atoms with van der Waals surface area (Å²) in [6.45, 7) is 1.18. The summed E-state index contributed by atoms with van der Waals surface area (Å²) in [5.41, 5.74) is 1.28. The number of rotatable bonds is 7. The molecule has 1 N–H and O–H groups in total. The highest BCUT2D eigenvalue weighted by Crippen LogP contribution is 2.39. The van der Waals surface area contributed by atoms with E-state index in [0.29, 0.717) is 18.4 Å². The lowest BCUT2D eigenvalue weighted by Crippen LogP contribution is -2.24. The van der Waals surface area contributed by atoms with E-state index in [1.807, 2.05) is 24.4 Å². The van der Waals surface area contributed by atoms with Crippen molar-refractivity contribution in [1.29, 1.82) is 0 Å². The van der Waals surface area contributed by atoms with E-state index in [-0.39, 0.29) is 11.7 Å². The molecule has 1 saturated carbocycles. The summed E-state index contributed by atoms with van der Waals surface area (Å²) < 4.78 is 7.58. The molecule has 6 nitrogen and oxygen atoms in total. The van der Waals surface area contributed by atoms with Crippen molar-refractivity contribution in [2.24, 2.45) is 0 Å². The smallest absolute Gasteiger partial charge is 0.289 e. The molecule has 2 aromatic heterocycles. The molecule has 6 heteroatoms. The van der Waals surface area contributed by atoms with Gasteiger partial charge in [-0.2, -0.15) is 0 Å². The molecule has 0 unspecified atom stereocenters. The zero-order valence-corrected chi connectivity index (χ0v) is 13.9. The first-order valence-corrected chi connectivity index (χ1v) is 8.57. The number of amides is 1. The fraction of sp³-hybridized carbons (Fsp3) is 0.316. The number of hydrogen-bond donors (Lipinski definition) is 1. The SMILES string of the molecule is O=C(NCc1nccn1CCc1ccccc1)c1cnc(C2CC2)o1. The molecule has 1 aliphatic rings. The molecule has 2 heterocycles. The normalized spacial score (nSPS) is 13.8. The van der Waals surface area contributed by atoms with E-state index in [4.69, 9.17) is 4.42 Å². The molecule has 1 aromatic carbocycles. The van der Waals surface area contributed by atoms with Crippen molar-refractivity contribution in [2.75, 3.05) is 0 Å². The van der Waals surface area contributed by atoms with Gasteiger partial charge in [0.25, 0.3) is 5.91 Å². The second-order valence-electron chi connectivity index (χ2n) is 6.29. The van der Waals surface area contributed by atoms with E-state index in [9.17, 15) is 4.79 Å². The Labute approximate surface area is 145 Å². The van der Waals surface area contributed by atoms with Gasteiger partial charge in [0.15, 0.2) is 5.89 Å². The van der Waals surface area contributed by atoms with Gasteiger partial charge >= 0.3 is 0 Å². The molecule has 3 aromatic rings. The van der Waals surface area contributed by atoms with Crippen molar-refractivity contribution in [3.05, 3.63) is 72.0 Å². The molecule has 0 atom stereocenters. The summed E-state index contributed by atoms with van der Waals surface area (Å²) in [5.74, 6) is 1.92. The largest absolute Gasteiger partial charge is 0.435 e. The highest BCUT2D eigenvalue weighted by molar-refractivity contribution is 5.91. The quantitative estimate of drug-likeness (QED) is 0.720. The zero-order valence-electron chi connectivity index (χ0n) is 13.9. The van der Waals surface area contributed by atoms with Crippen LogP contribution in [0.25, 0.3) is 0 Å². The second kappa shape index (κ2) is 6.93. The third-order valence-corrected chi connectivity index (χ3v) is 4.37. The molecule has 1 fully saturated rings. The first-order valence-electron chi connectivity index (χ1n) is 8.57. The lowest BCUT2D eigenvalue weighted by molar-refractivity contribution is 0.0920. The van der Waals surface area contributed by atoms with Gasteiger partial charge in [-0.1, -0.05) is 30.3 Å².